The number of hydrogen-bond acceptors (Lipinski definition) is 1. The van der Waals surface area contributed by atoms with Gasteiger partial charge in [0.15, 0.2) is 0 Å². The molecule has 3 nitrogen and oxygen atoms in total. The van der Waals surface area contributed by atoms with Crippen molar-refractivity contribution < 1.29 is 9.90 Å². The number of para-hydroxylation sites is 1. The molecule has 0 aliphatic heterocycles. The van der Waals surface area contributed by atoms with Gasteiger partial charge in [0, 0.05) is 34.4 Å². The van der Waals surface area contributed by atoms with E-state index < -0.39 is 5.97 Å². The Morgan fingerprint density at radius 3 is 2.65 bits per heavy atom. The highest BCUT2D eigenvalue weighted by Crippen LogP contribution is 2.29. The minimum atomic E-state index is -0.930. The summed E-state index contributed by atoms with van der Waals surface area (Å²) in [5.74, 6) is -0.930. The molecule has 0 unspecified atom stereocenters. The monoisotopic (exact) mass is 265 g/mol. The van der Waals surface area contributed by atoms with Crippen LogP contribution in [0.1, 0.15) is 12.5 Å². The fourth-order valence-corrected chi connectivity index (χ4v) is 2.68. The molecule has 0 fully saturated rings. The van der Waals surface area contributed by atoms with E-state index in [2.05, 4.69) is 29.7 Å². The van der Waals surface area contributed by atoms with Gasteiger partial charge in [-0.25, -0.2) is 4.79 Å². The summed E-state index contributed by atoms with van der Waals surface area (Å²) in [7, 11) is 0. The average Bonchev–Trinajstić information content (AvgIpc) is 2.78. The first-order valence-corrected chi connectivity index (χ1v) is 6.62. The van der Waals surface area contributed by atoms with Gasteiger partial charge in [0.05, 0.1) is 0 Å². The Kier molecular flexibility index (Phi) is 3.03. The van der Waals surface area contributed by atoms with E-state index in [9.17, 15) is 4.79 Å². The first kappa shape index (κ1) is 12.5. The van der Waals surface area contributed by atoms with Crippen molar-refractivity contribution in [2.24, 2.45) is 0 Å². The molecule has 3 rings (SSSR count). The Bertz CT molecular complexity index is 827. The molecule has 0 aliphatic carbocycles. The lowest BCUT2D eigenvalue weighted by Gasteiger charge is -2.02. The van der Waals surface area contributed by atoms with E-state index in [1.165, 1.54) is 22.5 Å². The highest BCUT2D eigenvalue weighted by atomic mass is 16.4. The number of benzene rings is 2. The lowest BCUT2D eigenvalue weighted by Crippen LogP contribution is -1.92. The highest BCUT2D eigenvalue weighted by Gasteiger charge is 2.08. The van der Waals surface area contributed by atoms with Crippen LogP contribution in [0.25, 0.3) is 27.9 Å². The van der Waals surface area contributed by atoms with E-state index in [0.29, 0.717) is 0 Å². The molecule has 0 amide bonds. The molecule has 100 valence electrons. The molecule has 0 spiro atoms. The van der Waals surface area contributed by atoms with E-state index in [0.717, 1.165) is 17.5 Å². The van der Waals surface area contributed by atoms with Crippen LogP contribution in [0.5, 0.6) is 0 Å². The van der Waals surface area contributed by atoms with Crippen molar-refractivity contribution in [2.45, 2.75) is 13.5 Å². The molecular weight excluding hydrogens is 250 g/mol. The van der Waals surface area contributed by atoms with Crippen LogP contribution in [0.2, 0.25) is 0 Å². The van der Waals surface area contributed by atoms with Crippen LogP contribution in [-0.2, 0) is 11.3 Å². The normalized spacial score (nSPS) is 11.7. The Morgan fingerprint density at radius 2 is 1.90 bits per heavy atom. The summed E-state index contributed by atoms with van der Waals surface area (Å²) in [5, 5.41) is 11.1. The van der Waals surface area contributed by atoms with Gasteiger partial charge in [-0.05, 0) is 36.8 Å². The topological polar surface area (TPSA) is 42.2 Å². The quantitative estimate of drug-likeness (QED) is 0.729. The SMILES string of the molecule is CCn1c2ccccc2c2cc(/C=C\C(=O)O)ccc21. The molecule has 3 heteroatoms. The van der Waals surface area contributed by atoms with E-state index in [-0.39, 0.29) is 0 Å². The lowest BCUT2D eigenvalue weighted by atomic mass is 10.1. The number of aryl methyl sites for hydroxylation is 1. The lowest BCUT2D eigenvalue weighted by molar-refractivity contribution is -0.131. The van der Waals surface area contributed by atoms with E-state index in [4.69, 9.17) is 5.11 Å². The predicted octanol–water partition coefficient (Wildman–Crippen LogP) is 3.91. The average molecular weight is 265 g/mol. The number of rotatable bonds is 3. The number of hydrogen-bond donors (Lipinski definition) is 1. The molecule has 0 radical (unpaired) electrons. The number of fused-ring (bicyclic) bond motifs is 3. The van der Waals surface area contributed by atoms with Crippen LogP contribution in [0.4, 0.5) is 0 Å². The van der Waals surface area contributed by atoms with Crippen LogP contribution in [0, 0.1) is 0 Å². The van der Waals surface area contributed by atoms with Crippen LogP contribution in [0.3, 0.4) is 0 Å². The van der Waals surface area contributed by atoms with Gasteiger partial charge in [-0.3, -0.25) is 0 Å². The second-order valence-electron chi connectivity index (χ2n) is 4.71. The summed E-state index contributed by atoms with van der Waals surface area (Å²) in [4.78, 5) is 10.6. The summed E-state index contributed by atoms with van der Waals surface area (Å²) in [5.41, 5.74) is 3.30. The molecule has 20 heavy (non-hydrogen) atoms. The van der Waals surface area contributed by atoms with Gasteiger partial charge in [-0.15, -0.1) is 0 Å². The summed E-state index contributed by atoms with van der Waals surface area (Å²) >= 11 is 0. The minimum absolute atomic E-state index is 0.902. The fourth-order valence-electron chi connectivity index (χ4n) is 2.68. The van der Waals surface area contributed by atoms with Gasteiger partial charge in [-0.2, -0.15) is 0 Å². The van der Waals surface area contributed by atoms with Gasteiger partial charge in [-0.1, -0.05) is 24.3 Å². The smallest absolute Gasteiger partial charge is 0.328 e. The van der Waals surface area contributed by atoms with Crippen molar-refractivity contribution in [3.63, 3.8) is 0 Å². The first-order chi connectivity index (χ1) is 9.70. The van der Waals surface area contributed by atoms with Crippen molar-refractivity contribution in [1.29, 1.82) is 0 Å². The number of nitrogens with zero attached hydrogens (tertiary/aromatic N) is 1. The third-order valence-electron chi connectivity index (χ3n) is 3.53. The second kappa shape index (κ2) is 4.85. The van der Waals surface area contributed by atoms with Gasteiger partial charge in [0.1, 0.15) is 0 Å². The van der Waals surface area contributed by atoms with Crippen molar-refractivity contribution in [3.05, 3.63) is 54.1 Å². The highest BCUT2D eigenvalue weighted by molar-refractivity contribution is 6.08. The van der Waals surface area contributed by atoms with E-state index in [1.807, 2.05) is 24.3 Å². The molecule has 1 aromatic heterocycles. The molecular formula is C17H15NO2. The van der Waals surface area contributed by atoms with Gasteiger partial charge >= 0.3 is 5.97 Å². The van der Waals surface area contributed by atoms with Crippen LogP contribution in [-0.4, -0.2) is 15.6 Å². The van der Waals surface area contributed by atoms with Crippen molar-refractivity contribution in [2.75, 3.05) is 0 Å². The van der Waals surface area contributed by atoms with Crippen molar-refractivity contribution in [1.82, 2.24) is 4.57 Å². The van der Waals surface area contributed by atoms with E-state index >= 15 is 0 Å². The standard InChI is InChI=1S/C17H15NO2/c1-2-18-15-6-4-3-5-13(15)14-11-12(7-9-16(14)18)8-10-17(19)20/h3-11H,2H2,1H3,(H,19,20)/b10-8-. The number of aliphatic carboxylic acids is 1. The summed E-state index contributed by atoms with van der Waals surface area (Å²) < 4.78 is 2.27. The van der Waals surface area contributed by atoms with Gasteiger partial charge in [0.2, 0.25) is 0 Å². The number of carboxylic acid groups (broad SMARTS) is 1. The molecule has 0 saturated carbocycles. The summed E-state index contributed by atoms with van der Waals surface area (Å²) in [6, 6.07) is 14.3. The fraction of sp³-hybridized carbons (Fsp3) is 0.118. The molecule has 1 N–H and O–H groups in total. The molecule has 0 aliphatic rings. The molecule has 0 atom stereocenters. The Hall–Kier alpha value is -2.55. The number of aromatic nitrogens is 1. The Morgan fingerprint density at radius 1 is 1.15 bits per heavy atom. The third kappa shape index (κ3) is 1.97. The zero-order chi connectivity index (χ0) is 14.1. The van der Waals surface area contributed by atoms with Crippen LogP contribution >= 0.6 is 0 Å². The second-order valence-corrected chi connectivity index (χ2v) is 4.71. The summed E-state index contributed by atoms with van der Waals surface area (Å²) in [6.45, 7) is 3.04. The molecule has 0 saturated heterocycles. The zero-order valence-corrected chi connectivity index (χ0v) is 11.2. The van der Waals surface area contributed by atoms with Crippen LogP contribution < -0.4 is 0 Å². The van der Waals surface area contributed by atoms with Crippen molar-refractivity contribution >= 4 is 33.9 Å². The Labute approximate surface area is 116 Å². The third-order valence-corrected chi connectivity index (χ3v) is 3.53. The summed E-state index contributed by atoms with van der Waals surface area (Å²) in [6.07, 6.45) is 2.79. The Balaban J connectivity index is 2.28. The molecule has 0 bridgehead atoms. The maximum atomic E-state index is 10.6. The van der Waals surface area contributed by atoms with Crippen LogP contribution in [0.15, 0.2) is 48.5 Å². The number of carboxylic acids is 1. The number of carbonyl (C=O) groups is 1. The minimum Gasteiger partial charge on any atom is -0.478 e. The van der Waals surface area contributed by atoms with E-state index in [1.54, 1.807) is 6.08 Å². The maximum Gasteiger partial charge on any atom is 0.328 e. The molecule has 3 aromatic rings. The van der Waals surface area contributed by atoms with Gasteiger partial charge in [0.25, 0.3) is 0 Å². The van der Waals surface area contributed by atoms with Crippen molar-refractivity contribution in [3.8, 4) is 0 Å². The maximum absolute atomic E-state index is 10.6. The molecule has 2 aromatic carbocycles. The van der Waals surface area contributed by atoms with Gasteiger partial charge < -0.3 is 9.67 Å². The predicted molar refractivity (Wildman–Crippen MR) is 81.8 cm³/mol. The largest absolute Gasteiger partial charge is 0.478 e. The zero-order valence-electron chi connectivity index (χ0n) is 11.2. The molecule has 1 heterocycles. The first-order valence-electron chi connectivity index (χ1n) is 6.62.